The van der Waals surface area contributed by atoms with Crippen LogP contribution in [0.25, 0.3) is 0 Å². The average molecular weight is 824 g/mol. The van der Waals surface area contributed by atoms with Gasteiger partial charge >= 0.3 is 23.9 Å². The molecule has 6 rings (SSSR count). The third kappa shape index (κ3) is 7.44. The molecule has 0 spiro atoms. The Morgan fingerprint density at radius 2 is 1.51 bits per heavy atom. The molecule has 0 unspecified atom stereocenters. The average Bonchev–Trinajstić information content (AvgIpc) is 3.18. The number of aliphatic hydroxyl groups is 4. The van der Waals surface area contributed by atoms with Crippen molar-refractivity contribution >= 4 is 29.8 Å². The number of carbonyl (C=O) groups is 5. The van der Waals surface area contributed by atoms with Crippen LogP contribution in [0.4, 0.5) is 0 Å². The van der Waals surface area contributed by atoms with Crippen molar-refractivity contribution in [2.24, 2.45) is 16.7 Å². The number of esters is 4. The Morgan fingerprint density at radius 3 is 2.05 bits per heavy atom. The van der Waals surface area contributed by atoms with Gasteiger partial charge in [-0.2, -0.15) is 0 Å². The van der Waals surface area contributed by atoms with E-state index in [4.69, 9.17) is 28.4 Å². The SMILES string of the molecule is COC[C@H](NC(=O)c1ccccc1)[C@@H](O)C(=O)O[C@H]1C[C@@]2(O)[C@@H](OC(=O)c3ccccc3)[C@@H]3[C@]4(OC(C)=O)CO[C@@H]4C[C@H](O)[C@@]3(C)[C@@H](O)[C@H](OC(C)=O)C(=C1C)C2(C)C. The molecule has 16 nitrogen and oxygen atoms in total. The summed E-state index contributed by atoms with van der Waals surface area (Å²) in [4.78, 5) is 67.1. The van der Waals surface area contributed by atoms with Crippen molar-refractivity contribution in [2.75, 3.05) is 20.3 Å². The molecule has 320 valence electrons. The third-order valence-electron chi connectivity index (χ3n) is 13.0. The number of hydrogen-bond acceptors (Lipinski definition) is 15. The Hall–Kier alpha value is -4.71. The number of amides is 1. The molecule has 12 atom stereocenters. The van der Waals surface area contributed by atoms with E-state index in [-0.39, 0.29) is 41.9 Å². The quantitative estimate of drug-likeness (QED) is 0.124. The number of ether oxygens (including phenoxy) is 6. The molecule has 0 radical (unpaired) electrons. The largest absolute Gasteiger partial charge is 0.456 e. The fraction of sp³-hybridized carbons (Fsp3) is 0.558. The van der Waals surface area contributed by atoms with Gasteiger partial charge in [0.15, 0.2) is 17.8 Å². The van der Waals surface area contributed by atoms with Gasteiger partial charge in [0, 0.05) is 50.2 Å². The summed E-state index contributed by atoms with van der Waals surface area (Å²) < 4.78 is 35.5. The summed E-state index contributed by atoms with van der Waals surface area (Å²) in [5.74, 6) is -5.78. The lowest BCUT2D eigenvalue weighted by molar-refractivity contribution is -0.365. The van der Waals surface area contributed by atoms with Gasteiger partial charge in [-0.3, -0.25) is 14.4 Å². The van der Waals surface area contributed by atoms with Crippen LogP contribution in [0.3, 0.4) is 0 Å². The van der Waals surface area contributed by atoms with Gasteiger partial charge in [-0.1, -0.05) is 57.2 Å². The Morgan fingerprint density at radius 1 is 0.898 bits per heavy atom. The van der Waals surface area contributed by atoms with Gasteiger partial charge in [0.25, 0.3) is 5.91 Å². The number of hydrogen-bond donors (Lipinski definition) is 5. The Labute approximate surface area is 341 Å². The van der Waals surface area contributed by atoms with Gasteiger partial charge in [-0.05, 0) is 42.3 Å². The summed E-state index contributed by atoms with van der Waals surface area (Å²) in [6.45, 7) is 7.94. The van der Waals surface area contributed by atoms with Crippen LogP contribution >= 0.6 is 0 Å². The van der Waals surface area contributed by atoms with Crippen LogP contribution < -0.4 is 5.32 Å². The molecule has 2 aromatic carbocycles. The summed E-state index contributed by atoms with van der Waals surface area (Å²) in [6.07, 6.45) is -11.8. The molecule has 16 heteroatoms. The van der Waals surface area contributed by atoms with Crippen molar-refractivity contribution in [3.8, 4) is 0 Å². The molecule has 1 saturated heterocycles. The van der Waals surface area contributed by atoms with Crippen molar-refractivity contribution in [3.05, 3.63) is 82.9 Å². The van der Waals surface area contributed by atoms with Gasteiger partial charge in [0.1, 0.15) is 30.0 Å². The molecule has 3 aliphatic carbocycles. The number of fused-ring (bicyclic) bond motifs is 5. The number of carbonyl (C=O) groups excluding carboxylic acids is 5. The number of nitrogens with one attached hydrogen (secondary N) is 1. The maximum atomic E-state index is 14.2. The van der Waals surface area contributed by atoms with Crippen molar-refractivity contribution < 1.29 is 72.8 Å². The van der Waals surface area contributed by atoms with Gasteiger partial charge in [-0.25, -0.2) is 9.59 Å². The van der Waals surface area contributed by atoms with E-state index in [9.17, 15) is 44.4 Å². The van der Waals surface area contributed by atoms with Crippen molar-refractivity contribution in [2.45, 2.75) is 114 Å². The van der Waals surface area contributed by atoms with Crippen molar-refractivity contribution in [1.29, 1.82) is 0 Å². The molecule has 1 aliphatic heterocycles. The van der Waals surface area contributed by atoms with Gasteiger partial charge < -0.3 is 54.2 Å². The molecular weight excluding hydrogens is 770 g/mol. The topological polar surface area (TPSA) is 234 Å². The molecular formula is C43H53NO15. The van der Waals surface area contributed by atoms with Crippen molar-refractivity contribution in [1.82, 2.24) is 5.32 Å². The van der Waals surface area contributed by atoms with E-state index in [0.717, 1.165) is 6.92 Å². The molecule has 0 aromatic heterocycles. The maximum absolute atomic E-state index is 14.2. The number of aliphatic hydroxyl groups excluding tert-OH is 3. The molecule has 5 N–H and O–H groups in total. The summed E-state index contributed by atoms with van der Waals surface area (Å²) in [7, 11) is 1.31. The predicted octanol–water partition coefficient (Wildman–Crippen LogP) is 1.80. The minimum Gasteiger partial charge on any atom is -0.456 e. The lowest BCUT2D eigenvalue weighted by Gasteiger charge is -2.69. The fourth-order valence-electron chi connectivity index (χ4n) is 9.87. The van der Waals surface area contributed by atoms with E-state index in [2.05, 4.69) is 5.32 Å². The highest BCUT2D eigenvalue weighted by molar-refractivity contribution is 5.94. The van der Waals surface area contributed by atoms with Crippen molar-refractivity contribution in [3.63, 3.8) is 0 Å². The molecule has 1 amide bonds. The Balaban J connectivity index is 1.52. The number of benzene rings is 2. The van der Waals surface area contributed by atoms with E-state index < -0.39 is 113 Å². The Bertz CT molecular complexity index is 1970. The van der Waals surface area contributed by atoms with Gasteiger partial charge in [0.2, 0.25) is 0 Å². The summed E-state index contributed by atoms with van der Waals surface area (Å²) in [6, 6.07) is 14.7. The summed E-state index contributed by atoms with van der Waals surface area (Å²) in [5, 5.41) is 52.4. The van der Waals surface area contributed by atoms with Crippen LogP contribution in [-0.4, -0.2) is 131 Å². The maximum Gasteiger partial charge on any atom is 0.338 e. The lowest BCUT2D eigenvalue weighted by atomic mass is 9.44. The van der Waals surface area contributed by atoms with Crippen LogP contribution in [0.5, 0.6) is 0 Å². The number of methoxy groups -OCH3 is 1. The zero-order valence-electron chi connectivity index (χ0n) is 34.1. The second-order valence-corrected chi connectivity index (χ2v) is 16.7. The highest BCUT2D eigenvalue weighted by atomic mass is 16.6. The van der Waals surface area contributed by atoms with Gasteiger partial charge in [0.05, 0.1) is 36.8 Å². The fourth-order valence-corrected chi connectivity index (χ4v) is 9.87. The van der Waals surface area contributed by atoms with E-state index in [1.807, 2.05) is 0 Å². The minimum atomic E-state index is -2.34. The zero-order valence-corrected chi connectivity index (χ0v) is 34.1. The van der Waals surface area contributed by atoms with Crippen LogP contribution in [0, 0.1) is 16.7 Å². The van der Waals surface area contributed by atoms with Crippen LogP contribution in [0.2, 0.25) is 0 Å². The van der Waals surface area contributed by atoms with E-state index in [1.165, 1.54) is 33.1 Å². The minimum absolute atomic E-state index is 0.0888. The highest BCUT2D eigenvalue weighted by Crippen LogP contribution is 2.65. The molecule has 2 saturated carbocycles. The first kappa shape index (κ1) is 43.9. The molecule has 1 heterocycles. The zero-order chi connectivity index (χ0) is 43.2. The van der Waals surface area contributed by atoms with Crippen LogP contribution in [0.15, 0.2) is 71.8 Å². The predicted molar refractivity (Wildman–Crippen MR) is 205 cm³/mol. The first-order valence-electron chi connectivity index (χ1n) is 19.5. The summed E-state index contributed by atoms with van der Waals surface area (Å²) in [5.41, 5.74) is -6.84. The molecule has 4 aliphatic rings. The highest BCUT2D eigenvalue weighted by Gasteiger charge is 2.78. The standard InChI is InChI=1S/C43H53NO15/c1-22-28(57-39(52)32(48)27(20-54-7)44-37(50)25-14-10-8-11-15-25)19-43(53)36(58-38(51)26-16-12-9-13-17-26)34-41(6,29(47)18-30-42(34,21-55-30)59-24(3)46)35(49)33(56-23(2)45)31(22)40(43,4)5/h8-17,27-30,32-36,47-49,53H,18-21H2,1-7H3,(H,44,50)/t27-,28-,29-,30+,32+,33+,34-,35-,36-,41+,42-,43+/m0/s1. The van der Waals surface area contributed by atoms with Gasteiger partial charge in [-0.15, -0.1) is 0 Å². The molecule has 2 bridgehead atoms. The summed E-state index contributed by atoms with van der Waals surface area (Å²) >= 11 is 0. The van der Waals surface area contributed by atoms with E-state index in [1.54, 1.807) is 69.3 Å². The third-order valence-corrected chi connectivity index (χ3v) is 13.0. The first-order chi connectivity index (χ1) is 27.7. The lowest BCUT2D eigenvalue weighted by Crippen LogP contribution is -2.82. The van der Waals surface area contributed by atoms with E-state index in [0.29, 0.717) is 0 Å². The van der Waals surface area contributed by atoms with E-state index >= 15 is 0 Å². The smallest absolute Gasteiger partial charge is 0.338 e. The van der Waals surface area contributed by atoms with Crippen LogP contribution in [-0.2, 0) is 42.8 Å². The second kappa shape index (κ2) is 16.4. The van der Waals surface area contributed by atoms with Crippen LogP contribution in [0.1, 0.15) is 75.1 Å². The normalized spacial score (nSPS) is 34.2. The first-order valence-corrected chi connectivity index (χ1v) is 19.5. The second-order valence-electron chi connectivity index (χ2n) is 16.7. The molecule has 59 heavy (non-hydrogen) atoms. The monoisotopic (exact) mass is 823 g/mol. The number of rotatable bonds is 11. The Kier molecular flexibility index (Phi) is 12.2. The molecule has 2 aromatic rings. The molecule has 3 fully saturated rings.